The van der Waals surface area contributed by atoms with Crippen LogP contribution in [0.4, 0.5) is 0 Å². The van der Waals surface area contributed by atoms with Crippen LogP contribution in [-0.4, -0.2) is 14.4 Å². The molecular formula is C11H22OSi. The smallest absolute Gasteiger partial charge is 0.184 e. The number of rotatable bonds is 2. The minimum Gasteiger partial charge on any atom is -0.415 e. The van der Waals surface area contributed by atoms with Gasteiger partial charge in [0, 0.05) is 6.10 Å². The number of allylic oxidation sites excluding steroid dienone is 2. The molecule has 0 aromatic carbocycles. The third-order valence-corrected chi connectivity index (χ3v) is 3.28. The summed E-state index contributed by atoms with van der Waals surface area (Å²) in [4.78, 5) is 0. The second kappa shape index (κ2) is 4.96. The minimum atomic E-state index is -1.31. The maximum atomic E-state index is 6.12. The zero-order valence-corrected chi connectivity index (χ0v) is 10.2. The first-order valence-electron chi connectivity index (χ1n) is 5.41. The summed E-state index contributed by atoms with van der Waals surface area (Å²) in [5.74, 6) is 0. The van der Waals surface area contributed by atoms with Crippen molar-refractivity contribution in [1.82, 2.24) is 0 Å². The second-order valence-corrected chi connectivity index (χ2v) is 9.29. The highest BCUT2D eigenvalue weighted by atomic mass is 28.4. The molecule has 0 bridgehead atoms. The zero-order chi connectivity index (χ0) is 9.73. The molecule has 0 radical (unpaired) electrons. The van der Waals surface area contributed by atoms with Gasteiger partial charge in [0.15, 0.2) is 8.32 Å². The summed E-state index contributed by atoms with van der Waals surface area (Å²) in [6.07, 6.45) is 11.4. The van der Waals surface area contributed by atoms with Gasteiger partial charge in [0.1, 0.15) is 0 Å². The van der Waals surface area contributed by atoms with Crippen LogP contribution in [0, 0.1) is 0 Å². The lowest BCUT2D eigenvalue weighted by Crippen LogP contribution is -2.32. The summed E-state index contributed by atoms with van der Waals surface area (Å²) in [6.45, 7) is 6.84. The van der Waals surface area contributed by atoms with Gasteiger partial charge >= 0.3 is 0 Å². The second-order valence-electron chi connectivity index (χ2n) is 4.83. The first-order chi connectivity index (χ1) is 6.08. The Morgan fingerprint density at radius 3 is 2.46 bits per heavy atom. The van der Waals surface area contributed by atoms with Crippen molar-refractivity contribution in [2.45, 2.75) is 57.8 Å². The quantitative estimate of drug-likeness (QED) is 0.485. The molecule has 1 atom stereocenters. The van der Waals surface area contributed by atoms with Crippen molar-refractivity contribution < 1.29 is 4.43 Å². The molecule has 0 heterocycles. The van der Waals surface area contributed by atoms with E-state index in [0.717, 1.165) is 0 Å². The summed E-state index contributed by atoms with van der Waals surface area (Å²) in [7, 11) is -1.31. The van der Waals surface area contributed by atoms with E-state index in [2.05, 4.69) is 31.8 Å². The van der Waals surface area contributed by atoms with Crippen molar-refractivity contribution in [3.05, 3.63) is 12.2 Å². The molecule has 0 saturated carbocycles. The molecule has 0 aromatic heterocycles. The molecule has 1 unspecified atom stereocenters. The molecule has 1 aliphatic rings. The van der Waals surface area contributed by atoms with Crippen LogP contribution in [0.2, 0.25) is 19.6 Å². The highest BCUT2D eigenvalue weighted by molar-refractivity contribution is 6.69. The van der Waals surface area contributed by atoms with Crippen molar-refractivity contribution in [2.24, 2.45) is 0 Å². The van der Waals surface area contributed by atoms with Gasteiger partial charge in [-0.2, -0.15) is 0 Å². The van der Waals surface area contributed by atoms with E-state index >= 15 is 0 Å². The van der Waals surface area contributed by atoms with Gasteiger partial charge in [0.2, 0.25) is 0 Å². The molecule has 0 amide bonds. The first-order valence-corrected chi connectivity index (χ1v) is 8.81. The van der Waals surface area contributed by atoms with Crippen molar-refractivity contribution in [3.63, 3.8) is 0 Å². The molecular weight excluding hydrogens is 176 g/mol. The molecule has 0 saturated heterocycles. The maximum Gasteiger partial charge on any atom is 0.184 e. The fraction of sp³-hybridized carbons (Fsp3) is 0.818. The van der Waals surface area contributed by atoms with Crippen LogP contribution in [-0.2, 0) is 4.43 Å². The third kappa shape index (κ3) is 5.27. The lowest BCUT2D eigenvalue weighted by molar-refractivity contribution is 0.171. The van der Waals surface area contributed by atoms with Gasteiger partial charge < -0.3 is 4.43 Å². The van der Waals surface area contributed by atoms with E-state index in [1.54, 1.807) is 0 Å². The Labute approximate surface area is 83.3 Å². The largest absolute Gasteiger partial charge is 0.415 e. The maximum absolute atomic E-state index is 6.12. The molecule has 1 nitrogen and oxygen atoms in total. The van der Waals surface area contributed by atoms with E-state index in [1.165, 1.54) is 32.1 Å². The monoisotopic (exact) mass is 198 g/mol. The standard InChI is InChI=1S/C11H22OSi/c1-13(2,3)12-11-9-7-5-4-6-8-10-11/h4-5,11H,6-10H2,1-3H3. The van der Waals surface area contributed by atoms with Gasteiger partial charge in [-0.05, 0) is 51.7 Å². The molecule has 0 fully saturated rings. The van der Waals surface area contributed by atoms with E-state index in [4.69, 9.17) is 4.43 Å². The van der Waals surface area contributed by atoms with Gasteiger partial charge in [0.05, 0.1) is 0 Å². The van der Waals surface area contributed by atoms with Gasteiger partial charge in [-0.25, -0.2) is 0 Å². The molecule has 1 aliphatic carbocycles. The van der Waals surface area contributed by atoms with Crippen molar-refractivity contribution in [3.8, 4) is 0 Å². The Balaban J connectivity index is 2.36. The Kier molecular flexibility index (Phi) is 4.20. The normalized spacial score (nSPS) is 25.3. The van der Waals surface area contributed by atoms with Crippen LogP contribution in [0.3, 0.4) is 0 Å². The van der Waals surface area contributed by atoms with Crippen molar-refractivity contribution in [1.29, 1.82) is 0 Å². The SMILES string of the molecule is C[Si](C)(C)OC1CCC=CCCC1. The number of hydrogen-bond donors (Lipinski definition) is 0. The third-order valence-electron chi connectivity index (χ3n) is 2.24. The summed E-state index contributed by atoms with van der Waals surface area (Å²) >= 11 is 0. The first kappa shape index (κ1) is 11.0. The lowest BCUT2D eigenvalue weighted by Gasteiger charge is -2.26. The Morgan fingerprint density at radius 1 is 1.08 bits per heavy atom. The molecule has 0 spiro atoms. The highest BCUT2D eigenvalue weighted by Gasteiger charge is 2.20. The van der Waals surface area contributed by atoms with Gasteiger partial charge in [0.25, 0.3) is 0 Å². The van der Waals surface area contributed by atoms with Crippen LogP contribution in [0.1, 0.15) is 32.1 Å². The average molecular weight is 198 g/mol. The van der Waals surface area contributed by atoms with Crippen molar-refractivity contribution >= 4 is 8.32 Å². The summed E-state index contributed by atoms with van der Waals surface area (Å²) < 4.78 is 6.12. The van der Waals surface area contributed by atoms with E-state index in [9.17, 15) is 0 Å². The fourth-order valence-electron chi connectivity index (χ4n) is 1.74. The molecule has 0 aliphatic heterocycles. The van der Waals surface area contributed by atoms with Crippen LogP contribution >= 0.6 is 0 Å². The molecule has 0 aromatic rings. The molecule has 2 heteroatoms. The van der Waals surface area contributed by atoms with Gasteiger partial charge in [-0.3, -0.25) is 0 Å². The van der Waals surface area contributed by atoms with Crippen LogP contribution in [0.5, 0.6) is 0 Å². The van der Waals surface area contributed by atoms with Gasteiger partial charge in [-0.1, -0.05) is 12.2 Å². The molecule has 0 N–H and O–H groups in total. The van der Waals surface area contributed by atoms with Crippen LogP contribution in [0.25, 0.3) is 0 Å². The summed E-state index contributed by atoms with van der Waals surface area (Å²) in [6, 6.07) is 0. The minimum absolute atomic E-state index is 0.539. The van der Waals surface area contributed by atoms with E-state index in [-0.39, 0.29) is 0 Å². The molecule has 1 rings (SSSR count). The predicted molar refractivity (Wildman–Crippen MR) is 60.4 cm³/mol. The van der Waals surface area contributed by atoms with E-state index in [0.29, 0.717) is 6.10 Å². The fourth-order valence-corrected chi connectivity index (χ4v) is 2.98. The van der Waals surface area contributed by atoms with Crippen LogP contribution in [0.15, 0.2) is 12.2 Å². The predicted octanol–water partition coefficient (Wildman–Crippen LogP) is 3.73. The summed E-state index contributed by atoms with van der Waals surface area (Å²) in [5.41, 5.74) is 0. The molecule has 13 heavy (non-hydrogen) atoms. The van der Waals surface area contributed by atoms with E-state index < -0.39 is 8.32 Å². The molecule has 76 valence electrons. The van der Waals surface area contributed by atoms with Crippen LogP contribution < -0.4 is 0 Å². The number of hydrogen-bond acceptors (Lipinski definition) is 1. The van der Waals surface area contributed by atoms with E-state index in [1.807, 2.05) is 0 Å². The van der Waals surface area contributed by atoms with Gasteiger partial charge in [-0.15, -0.1) is 0 Å². The lowest BCUT2D eigenvalue weighted by atomic mass is 10.0. The Morgan fingerprint density at radius 2 is 1.77 bits per heavy atom. The van der Waals surface area contributed by atoms with Crippen molar-refractivity contribution in [2.75, 3.05) is 0 Å². The topological polar surface area (TPSA) is 9.23 Å². The zero-order valence-electron chi connectivity index (χ0n) is 9.18. The Bertz CT molecular complexity index is 169. The highest BCUT2D eigenvalue weighted by Crippen LogP contribution is 2.19. The average Bonchev–Trinajstić information content (AvgIpc) is 1.92. The Hall–Kier alpha value is -0.0831. The summed E-state index contributed by atoms with van der Waals surface area (Å²) in [5, 5.41) is 0.